The molecule has 0 spiro atoms. The van der Waals surface area contributed by atoms with E-state index < -0.39 is 0 Å². The van der Waals surface area contributed by atoms with Gasteiger partial charge in [-0.15, -0.1) is 0 Å². The minimum absolute atomic E-state index is 0.172. The molecule has 0 aliphatic carbocycles. The molecule has 0 aliphatic rings. The molecule has 0 fully saturated rings. The van der Waals surface area contributed by atoms with Crippen LogP contribution in [0.2, 0.25) is 0 Å². The lowest BCUT2D eigenvalue weighted by Crippen LogP contribution is -2.31. The summed E-state index contributed by atoms with van der Waals surface area (Å²) >= 11 is 0. The highest BCUT2D eigenvalue weighted by Crippen LogP contribution is 2.20. The average molecular weight is 273 g/mol. The van der Waals surface area contributed by atoms with Gasteiger partial charge in [-0.05, 0) is 29.3 Å². The quantitative estimate of drug-likeness (QED) is 0.649. The van der Waals surface area contributed by atoms with Crippen molar-refractivity contribution in [1.29, 1.82) is 0 Å². The number of fused-ring (bicyclic) bond motifs is 1. The number of rotatable bonds is 6. The van der Waals surface area contributed by atoms with Gasteiger partial charge < -0.3 is 4.74 Å². The molecule has 0 heterocycles. The Morgan fingerprint density at radius 3 is 2.70 bits per heavy atom. The van der Waals surface area contributed by atoms with Gasteiger partial charge in [0.05, 0.1) is 6.54 Å². The average Bonchev–Trinajstić information content (AvgIpc) is 2.47. The van der Waals surface area contributed by atoms with E-state index in [2.05, 4.69) is 0 Å². The first-order chi connectivity index (χ1) is 9.70. The van der Waals surface area contributed by atoms with Crippen molar-refractivity contribution >= 4 is 16.7 Å². The Morgan fingerprint density at radius 2 is 1.95 bits per heavy atom. The van der Waals surface area contributed by atoms with Crippen molar-refractivity contribution in [1.82, 2.24) is 5.06 Å². The highest BCUT2D eigenvalue weighted by molar-refractivity contribution is 5.83. The van der Waals surface area contributed by atoms with Crippen molar-refractivity contribution in [3.05, 3.63) is 42.5 Å². The van der Waals surface area contributed by atoms with Crippen LogP contribution in [0.4, 0.5) is 0 Å². The van der Waals surface area contributed by atoms with E-state index in [-0.39, 0.29) is 19.1 Å². The Kier molecular flexibility index (Phi) is 4.96. The van der Waals surface area contributed by atoms with Crippen LogP contribution < -0.4 is 4.74 Å². The molecule has 2 rings (SSSR count). The Bertz CT molecular complexity index is 583. The lowest BCUT2D eigenvalue weighted by Gasteiger charge is -2.15. The number of hydrogen-bond acceptors (Lipinski definition) is 3. The van der Waals surface area contributed by atoms with Crippen LogP contribution in [0.1, 0.15) is 19.8 Å². The summed E-state index contributed by atoms with van der Waals surface area (Å²) in [5.74, 6) is 0.467. The zero-order valence-electron chi connectivity index (χ0n) is 11.6. The molecule has 0 saturated carbocycles. The van der Waals surface area contributed by atoms with Gasteiger partial charge in [-0.2, -0.15) is 0 Å². The molecule has 106 valence electrons. The molecule has 1 amide bonds. The van der Waals surface area contributed by atoms with Gasteiger partial charge >= 0.3 is 0 Å². The standard InChI is InChI=1S/C16H19NO3/c1-2-5-16(18)17(19)10-11-20-15-9-8-13-6-3-4-7-14(13)12-15/h3-4,6-9,12,19H,2,5,10-11H2,1H3. The summed E-state index contributed by atoms with van der Waals surface area (Å²) in [5, 5.41) is 12.5. The van der Waals surface area contributed by atoms with E-state index in [1.54, 1.807) is 0 Å². The molecule has 0 aliphatic heterocycles. The minimum Gasteiger partial charge on any atom is -0.492 e. The maximum absolute atomic E-state index is 11.4. The van der Waals surface area contributed by atoms with Crippen LogP contribution in [0.5, 0.6) is 5.75 Å². The largest absolute Gasteiger partial charge is 0.492 e. The van der Waals surface area contributed by atoms with Crippen LogP contribution in [0.25, 0.3) is 10.8 Å². The maximum Gasteiger partial charge on any atom is 0.246 e. The highest BCUT2D eigenvalue weighted by atomic mass is 16.5. The van der Waals surface area contributed by atoms with Crippen LogP contribution in [-0.4, -0.2) is 29.3 Å². The number of carbonyl (C=O) groups is 1. The Balaban J connectivity index is 1.88. The molecule has 0 atom stereocenters. The first-order valence-electron chi connectivity index (χ1n) is 6.81. The first kappa shape index (κ1) is 14.3. The highest BCUT2D eigenvalue weighted by Gasteiger charge is 2.09. The van der Waals surface area contributed by atoms with Crippen molar-refractivity contribution in [3.63, 3.8) is 0 Å². The molecule has 20 heavy (non-hydrogen) atoms. The second kappa shape index (κ2) is 6.91. The van der Waals surface area contributed by atoms with E-state index in [9.17, 15) is 10.0 Å². The Morgan fingerprint density at radius 1 is 1.20 bits per heavy atom. The van der Waals surface area contributed by atoms with Crippen molar-refractivity contribution in [3.8, 4) is 5.75 Å². The third-order valence-corrected chi connectivity index (χ3v) is 3.04. The number of nitrogens with zero attached hydrogens (tertiary/aromatic N) is 1. The third kappa shape index (κ3) is 3.71. The van der Waals surface area contributed by atoms with E-state index in [4.69, 9.17) is 4.74 Å². The summed E-state index contributed by atoms with van der Waals surface area (Å²) in [4.78, 5) is 11.4. The van der Waals surface area contributed by atoms with Crippen LogP contribution >= 0.6 is 0 Å². The van der Waals surface area contributed by atoms with Crippen molar-refractivity contribution < 1.29 is 14.7 Å². The number of benzene rings is 2. The summed E-state index contributed by atoms with van der Waals surface area (Å²) in [6.07, 6.45) is 1.08. The van der Waals surface area contributed by atoms with E-state index in [1.165, 1.54) is 0 Å². The summed E-state index contributed by atoms with van der Waals surface area (Å²) in [6, 6.07) is 13.9. The summed E-state index contributed by atoms with van der Waals surface area (Å²) in [5.41, 5.74) is 0. The summed E-state index contributed by atoms with van der Waals surface area (Å²) < 4.78 is 5.56. The minimum atomic E-state index is -0.269. The number of hydroxylamine groups is 2. The molecule has 1 N–H and O–H groups in total. The van der Waals surface area contributed by atoms with Gasteiger partial charge in [-0.1, -0.05) is 37.3 Å². The second-order valence-corrected chi connectivity index (χ2v) is 4.62. The predicted molar refractivity (Wildman–Crippen MR) is 77.9 cm³/mol. The van der Waals surface area contributed by atoms with E-state index >= 15 is 0 Å². The zero-order chi connectivity index (χ0) is 14.4. The smallest absolute Gasteiger partial charge is 0.246 e. The fraction of sp³-hybridized carbons (Fsp3) is 0.312. The SMILES string of the molecule is CCCC(=O)N(O)CCOc1ccc2ccccc2c1. The van der Waals surface area contributed by atoms with Crippen molar-refractivity contribution in [2.24, 2.45) is 0 Å². The second-order valence-electron chi connectivity index (χ2n) is 4.62. The van der Waals surface area contributed by atoms with Gasteiger partial charge in [-0.25, -0.2) is 5.06 Å². The molecular formula is C16H19NO3. The number of amides is 1. The maximum atomic E-state index is 11.4. The van der Waals surface area contributed by atoms with Gasteiger partial charge in [0.15, 0.2) is 0 Å². The fourth-order valence-corrected chi connectivity index (χ4v) is 1.97. The van der Waals surface area contributed by atoms with Crippen molar-refractivity contribution in [2.45, 2.75) is 19.8 Å². The lowest BCUT2D eigenvalue weighted by molar-refractivity contribution is -0.166. The topological polar surface area (TPSA) is 49.8 Å². The molecule has 0 radical (unpaired) electrons. The third-order valence-electron chi connectivity index (χ3n) is 3.04. The molecule has 2 aromatic rings. The molecule has 4 nitrogen and oxygen atoms in total. The van der Waals surface area contributed by atoms with E-state index in [1.807, 2.05) is 49.4 Å². The Hall–Kier alpha value is -2.07. The van der Waals surface area contributed by atoms with Gasteiger partial charge in [0.2, 0.25) is 5.91 Å². The lowest BCUT2D eigenvalue weighted by atomic mass is 10.1. The summed E-state index contributed by atoms with van der Waals surface area (Å²) in [6.45, 7) is 2.34. The van der Waals surface area contributed by atoms with Crippen LogP contribution in [0.15, 0.2) is 42.5 Å². The van der Waals surface area contributed by atoms with Gasteiger partial charge in [0.1, 0.15) is 12.4 Å². The molecule has 2 aromatic carbocycles. The Labute approximate surface area is 118 Å². The predicted octanol–water partition coefficient (Wildman–Crippen LogP) is 3.24. The molecule has 0 unspecified atom stereocenters. The van der Waals surface area contributed by atoms with Crippen molar-refractivity contribution in [2.75, 3.05) is 13.2 Å². The van der Waals surface area contributed by atoms with Gasteiger partial charge in [-0.3, -0.25) is 10.0 Å². The van der Waals surface area contributed by atoms with E-state index in [0.29, 0.717) is 6.42 Å². The van der Waals surface area contributed by atoms with Crippen LogP contribution in [-0.2, 0) is 4.79 Å². The number of hydrogen-bond donors (Lipinski definition) is 1. The van der Waals surface area contributed by atoms with Gasteiger partial charge in [0, 0.05) is 6.42 Å². The van der Waals surface area contributed by atoms with Crippen LogP contribution in [0, 0.1) is 0 Å². The monoisotopic (exact) mass is 273 g/mol. The zero-order valence-corrected chi connectivity index (χ0v) is 11.6. The summed E-state index contributed by atoms with van der Waals surface area (Å²) in [7, 11) is 0. The van der Waals surface area contributed by atoms with Gasteiger partial charge in [0.25, 0.3) is 0 Å². The molecule has 0 aromatic heterocycles. The molecule has 4 heteroatoms. The molecule has 0 saturated heterocycles. The fourth-order valence-electron chi connectivity index (χ4n) is 1.97. The molecular weight excluding hydrogens is 254 g/mol. The first-order valence-corrected chi connectivity index (χ1v) is 6.81. The van der Waals surface area contributed by atoms with Crippen LogP contribution in [0.3, 0.4) is 0 Å². The van der Waals surface area contributed by atoms with E-state index in [0.717, 1.165) is 28.0 Å². The number of carbonyl (C=O) groups excluding carboxylic acids is 1. The molecule has 0 bridgehead atoms. The number of ether oxygens (including phenoxy) is 1. The normalized spacial score (nSPS) is 10.5.